The first kappa shape index (κ1) is 17.9. The third kappa shape index (κ3) is 3.93. The van der Waals surface area contributed by atoms with E-state index in [9.17, 15) is 13.2 Å². The van der Waals surface area contributed by atoms with Gasteiger partial charge in [0.2, 0.25) is 5.09 Å². The van der Waals surface area contributed by atoms with E-state index >= 15 is 0 Å². The predicted molar refractivity (Wildman–Crippen MR) is 95.4 cm³/mol. The Balaban J connectivity index is 1.39. The summed E-state index contributed by atoms with van der Waals surface area (Å²) in [5.74, 6) is 0.843. The van der Waals surface area contributed by atoms with E-state index in [1.165, 1.54) is 17.0 Å². The van der Waals surface area contributed by atoms with Gasteiger partial charge in [0.1, 0.15) is 6.61 Å². The Labute approximate surface area is 157 Å². The molecule has 144 valence electrons. The summed E-state index contributed by atoms with van der Waals surface area (Å²) in [6.45, 7) is 0.591. The largest absolute Gasteiger partial charge is 0.486 e. The van der Waals surface area contributed by atoms with E-state index in [0.717, 1.165) is 12.8 Å². The van der Waals surface area contributed by atoms with E-state index in [-0.39, 0.29) is 29.5 Å². The van der Waals surface area contributed by atoms with E-state index in [0.29, 0.717) is 18.1 Å². The van der Waals surface area contributed by atoms with Gasteiger partial charge in [0.15, 0.2) is 23.4 Å². The van der Waals surface area contributed by atoms with Crippen LogP contribution >= 0.6 is 0 Å². The first-order valence-electron chi connectivity index (χ1n) is 8.68. The molecule has 1 aliphatic carbocycles. The highest BCUT2D eigenvalue weighted by Crippen LogP contribution is 2.31. The molecule has 4 rings (SSSR count). The summed E-state index contributed by atoms with van der Waals surface area (Å²) < 4.78 is 43.6. The van der Waals surface area contributed by atoms with Crippen LogP contribution in [0.1, 0.15) is 23.4 Å². The lowest BCUT2D eigenvalue weighted by Crippen LogP contribution is -2.41. The van der Waals surface area contributed by atoms with Crippen molar-refractivity contribution in [2.24, 2.45) is 0 Å². The lowest BCUT2D eigenvalue weighted by Gasteiger charge is -2.29. The Bertz CT molecular complexity index is 950. The van der Waals surface area contributed by atoms with Crippen LogP contribution in [0, 0.1) is 0 Å². The standard InChI is InChI=1S/C18H20N2O6S/c1-20(10-13-11-24-14-4-2-3-5-15(14)25-13)18(21)16-8-9-17(26-16)27(22,23)19-12-6-7-12/h2-5,8-9,12-13,19H,6-7,10-11H2,1H3/t13-/m0/s1. The van der Waals surface area contributed by atoms with Crippen molar-refractivity contribution in [1.82, 2.24) is 9.62 Å². The van der Waals surface area contributed by atoms with Gasteiger partial charge in [-0.3, -0.25) is 4.79 Å². The van der Waals surface area contributed by atoms with Crippen molar-refractivity contribution in [3.8, 4) is 11.5 Å². The molecule has 27 heavy (non-hydrogen) atoms. The number of amides is 1. The normalized spacial score (nSPS) is 18.9. The molecule has 0 radical (unpaired) electrons. The number of nitrogens with zero attached hydrogens (tertiary/aromatic N) is 1. The van der Waals surface area contributed by atoms with Gasteiger partial charge >= 0.3 is 0 Å². The molecule has 2 heterocycles. The molecule has 1 atom stereocenters. The number of furan rings is 1. The third-order valence-corrected chi connectivity index (χ3v) is 5.74. The smallest absolute Gasteiger partial charge is 0.289 e. The molecule has 1 aliphatic heterocycles. The monoisotopic (exact) mass is 392 g/mol. The maximum absolute atomic E-state index is 12.6. The highest BCUT2D eigenvalue weighted by atomic mass is 32.2. The van der Waals surface area contributed by atoms with Crippen LogP contribution in [-0.2, 0) is 10.0 Å². The van der Waals surface area contributed by atoms with E-state index in [1.807, 2.05) is 18.2 Å². The molecule has 0 spiro atoms. The molecule has 1 aromatic heterocycles. The molecule has 1 saturated carbocycles. The Kier molecular flexibility index (Phi) is 4.56. The molecule has 0 saturated heterocycles. The fraction of sp³-hybridized carbons (Fsp3) is 0.389. The van der Waals surface area contributed by atoms with Crippen LogP contribution in [0.3, 0.4) is 0 Å². The predicted octanol–water partition coefficient (Wildman–Crippen LogP) is 1.63. The number of carbonyl (C=O) groups excluding carboxylic acids is 1. The number of rotatable bonds is 6. The zero-order chi connectivity index (χ0) is 19.0. The topological polar surface area (TPSA) is 98.1 Å². The van der Waals surface area contributed by atoms with Gasteiger partial charge in [0.05, 0.1) is 6.54 Å². The molecule has 2 aliphatic rings. The van der Waals surface area contributed by atoms with Gasteiger partial charge in [0.25, 0.3) is 15.9 Å². The Hall–Kier alpha value is -2.52. The van der Waals surface area contributed by atoms with Crippen molar-refractivity contribution in [2.75, 3.05) is 20.2 Å². The van der Waals surface area contributed by atoms with Crippen molar-refractivity contribution < 1.29 is 27.1 Å². The Morgan fingerprint density at radius 3 is 2.67 bits per heavy atom. The number of benzene rings is 1. The van der Waals surface area contributed by atoms with E-state index < -0.39 is 15.9 Å². The molecular weight excluding hydrogens is 372 g/mol. The van der Waals surface area contributed by atoms with Crippen LogP contribution in [0.15, 0.2) is 45.9 Å². The van der Waals surface area contributed by atoms with Gasteiger partial charge in [-0.1, -0.05) is 12.1 Å². The highest BCUT2D eigenvalue weighted by molar-refractivity contribution is 7.89. The second-order valence-corrected chi connectivity index (χ2v) is 8.34. The summed E-state index contributed by atoms with van der Waals surface area (Å²) in [4.78, 5) is 14.0. The molecule has 0 bridgehead atoms. The van der Waals surface area contributed by atoms with Gasteiger partial charge in [0, 0.05) is 13.1 Å². The van der Waals surface area contributed by atoms with Crippen LogP contribution in [0.5, 0.6) is 11.5 Å². The maximum Gasteiger partial charge on any atom is 0.289 e. The average molecular weight is 392 g/mol. The van der Waals surface area contributed by atoms with Gasteiger partial charge in [-0.05, 0) is 37.1 Å². The zero-order valence-electron chi connectivity index (χ0n) is 14.8. The maximum atomic E-state index is 12.6. The van der Waals surface area contributed by atoms with Crippen LogP contribution in [0.25, 0.3) is 0 Å². The Morgan fingerprint density at radius 1 is 1.19 bits per heavy atom. The molecule has 2 aromatic rings. The number of ether oxygens (including phenoxy) is 2. The SMILES string of the molecule is CN(C[C@H]1COc2ccccc2O1)C(=O)c1ccc(S(=O)(=O)NC2CC2)o1. The summed E-state index contributed by atoms with van der Waals surface area (Å²) in [7, 11) is -2.13. The number of nitrogens with one attached hydrogen (secondary N) is 1. The number of fused-ring (bicyclic) bond motifs is 1. The number of para-hydroxylation sites is 2. The van der Waals surface area contributed by atoms with Gasteiger partial charge in [-0.2, -0.15) is 0 Å². The molecule has 9 heteroatoms. The summed E-state index contributed by atoms with van der Waals surface area (Å²) in [6, 6.07) is 9.96. The first-order valence-corrected chi connectivity index (χ1v) is 10.2. The molecule has 0 unspecified atom stereocenters. The lowest BCUT2D eigenvalue weighted by molar-refractivity contribution is 0.0498. The third-order valence-electron chi connectivity index (χ3n) is 4.35. The Morgan fingerprint density at radius 2 is 1.93 bits per heavy atom. The van der Waals surface area contributed by atoms with Crippen LogP contribution < -0.4 is 14.2 Å². The van der Waals surface area contributed by atoms with Crippen molar-refractivity contribution >= 4 is 15.9 Å². The van der Waals surface area contributed by atoms with E-state index in [2.05, 4.69) is 4.72 Å². The van der Waals surface area contributed by atoms with E-state index in [4.69, 9.17) is 13.9 Å². The van der Waals surface area contributed by atoms with Gasteiger partial charge in [-0.15, -0.1) is 0 Å². The van der Waals surface area contributed by atoms with Crippen LogP contribution in [-0.4, -0.2) is 51.6 Å². The molecular formula is C18H20N2O6S. The summed E-state index contributed by atoms with van der Waals surface area (Å²) >= 11 is 0. The average Bonchev–Trinajstić information content (AvgIpc) is 3.30. The fourth-order valence-electron chi connectivity index (χ4n) is 2.79. The number of hydrogen-bond acceptors (Lipinski definition) is 6. The lowest BCUT2D eigenvalue weighted by atomic mass is 10.2. The molecule has 1 fully saturated rings. The number of sulfonamides is 1. The first-order chi connectivity index (χ1) is 12.9. The number of carbonyl (C=O) groups is 1. The number of hydrogen-bond donors (Lipinski definition) is 1. The molecule has 1 aromatic carbocycles. The zero-order valence-corrected chi connectivity index (χ0v) is 15.6. The van der Waals surface area contributed by atoms with Gasteiger partial charge < -0.3 is 18.8 Å². The van der Waals surface area contributed by atoms with Gasteiger partial charge in [-0.25, -0.2) is 13.1 Å². The summed E-state index contributed by atoms with van der Waals surface area (Å²) in [5, 5.41) is -0.252. The minimum absolute atomic E-state index is 0.0340. The highest BCUT2D eigenvalue weighted by Gasteiger charge is 2.31. The minimum atomic E-state index is -3.73. The molecule has 8 nitrogen and oxygen atoms in total. The number of likely N-dealkylation sites (N-methyl/N-ethyl adjacent to an activating group) is 1. The van der Waals surface area contributed by atoms with Crippen molar-refractivity contribution in [3.63, 3.8) is 0 Å². The molecule has 1 amide bonds. The second-order valence-electron chi connectivity index (χ2n) is 6.70. The van der Waals surface area contributed by atoms with Crippen molar-refractivity contribution in [3.05, 3.63) is 42.2 Å². The van der Waals surface area contributed by atoms with Crippen molar-refractivity contribution in [1.29, 1.82) is 0 Å². The van der Waals surface area contributed by atoms with Crippen LogP contribution in [0.4, 0.5) is 0 Å². The second kappa shape index (κ2) is 6.90. The fourth-order valence-corrected chi connectivity index (χ4v) is 4.03. The summed E-state index contributed by atoms with van der Waals surface area (Å²) in [5.41, 5.74) is 0. The van der Waals surface area contributed by atoms with E-state index in [1.54, 1.807) is 13.1 Å². The van der Waals surface area contributed by atoms with Crippen LogP contribution in [0.2, 0.25) is 0 Å². The molecule has 1 N–H and O–H groups in total. The van der Waals surface area contributed by atoms with Crippen molar-refractivity contribution in [2.45, 2.75) is 30.1 Å². The minimum Gasteiger partial charge on any atom is -0.486 e. The summed E-state index contributed by atoms with van der Waals surface area (Å²) in [6.07, 6.45) is 1.31. The quantitative estimate of drug-likeness (QED) is 0.802.